The van der Waals surface area contributed by atoms with Crippen LogP contribution in [0.5, 0.6) is 11.5 Å². The predicted molar refractivity (Wildman–Crippen MR) is 117 cm³/mol. The summed E-state index contributed by atoms with van der Waals surface area (Å²) in [6.07, 6.45) is 0. The maximum absolute atomic E-state index is 12.4. The molecule has 6 heteroatoms. The van der Waals surface area contributed by atoms with Crippen LogP contribution in [0.3, 0.4) is 0 Å². The van der Waals surface area contributed by atoms with Crippen molar-refractivity contribution in [2.75, 3.05) is 46.6 Å². The van der Waals surface area contributed by atoms with Crippen molar-refractivity contribution in [3.05, 3.63) is 59.7 Å². The summed E-state index contributed by atoms with van der Waals surface area (Å²) in [5, 5.41) is 3.03. The Bertz CT molecular complexity index is 784. The largest absolute Gasteiger partial charge is 0.497 e. The molecule has 30 heavy (non-hydrogen) atoms. The summed E-state index contributed by atoms with van der Waals surface area (Å²) in [6, 6.07) is 16.0. The van der Waals surface area contributed by atoms with E-state index in [1.807, 2.05) is 36.4 Å². The van der Waals surface area contributed by atoms with Crippen molar-refractivity contribution in [2.45, 2.75) is 25.8 Å². The molecule has 162 valence electrons. The number of morpholine rings is 1. The molecule has 2 aromatic rings. The van der Waals surface area contributed by atoms with Crippen LogP contribution in [0.4, 0.5) is 0 Å². The molecule has 1 atom stereocenters. The van der Waals surface area contributed by atoms with Gasteiger partial charge in [-0.25, -0.2) is 0 Å². The number of hydrogen-bond donors (Lipinski definition) is 1. The smallest absolute Gasteiger partial charge is 0.258 e. The molecular formula is C24H32N2O4. The van der Waals surface area contributed by atoms with Gasteiger partial charge in [0.15, 0.2) is 6.61 Å². The van der Waals surface area contributed by atoms with Crippen molar-refractivity contribution in [3.8, 4) is 11.5 Å². The molecule has 1 heterocycles. The lowest BCUT2D eigenvalue weighted by Crippen LogP contribution is -2.44. The van der Waals surface area contributed by atoms with Gasteiger partial charge < -0.3 is 19.5 Å². The molecule has 1 amide bonds. The molecule has 0 aromatic heterocycles. The van der Waals surface area contributed by atoms with E-state index in [0.717, 1.165) is 24.4 Å². The minimum Gasteiger partial charge on any atom is -0.497 e. The second-order valence-electron chi connectivity index (χ2n) is 7.75. The van der Waals surface area contributed by atoms with Crippen molar-refractivity contribution in [2.24, 2.45) is 0 Å². The molecule has 3 rings (SSSR count). The third kappa shape index (κ3) is 6.21. The monoisotopic (exact) mass is 412 g/mol. The maximum atomic E-state index is 12.4. The van der Waals surface area contributed by atoms with E-state index in [4.69, 9.17) is 14.2 Å². The van der Waals surface area contributed by atoms with Crippen molar-refractivity contribution in [1.82, 2.24) is 10.2 Å². The Labute approximate surface area is 179 Å². The highest BCUT2D eigenvalue weighted by Gasteiger charge is 2.23. The van der Waals surface area contributed by atoms with Gasteiger partial charge in [0.05, 0.1) is 26.4 Å². The van der Waals surface area contributed by atoms with Crippen molar-refractivity contribution >= 4 is 5.91 Å². The number of benzene rings is 2. The maximum Gasteiger partial charge on any atom is 0.258 e. The van der Waals surface area contributed by atoms with E-state index < -0.39 is 0 Å². The first-order chi connectivity index (χ1) is 14.6. The molecule has 1 aliphatic rings. The zero-order chi connectivity index (χ0) is 21.3. The van der Waals surface area contributed by atoms with E-state index in [1.54, 1.807) is 7.11 Å². The number of rotatable bonds is 9. The minimum absolute atomic E-state index is 0.000527. The molecule has 1 aliphatic heterocycles. The summed E-state index contributed by atoms with van der Waals surface area (Å²) in [6.45, 7) is 7.90. The van der Waals surface area contributed by atoms with Crippen LogP contribution in [-0.2, 0) is 9.53 Å². The Hall–Kier alpha value is -2.57. The first-order valence-electron chi connectivity index (χ1n) is 10.5. The summed E-state index contributed by atoms with van der Waals surface area (Å²) in [4.78, 5) is 14.8. The van der Waals surface area contributed by atoms with Crippen LogP contribution in [0.15, 0.2) is 48.5 Å². The highest BCUT2D eigenvalue weighted by Crippen LogP contribution is 2.24. The van der Waals surface area contributed by atoms with E-state index in [2.05, 4.69) is 36.2 Å². The van der Waals surface area contributed by atoms with E-state index >= 15 is 0 Å². The summed E-state index contributed by atoms with van der Waals surface area (Å²) >= 11 is 0. The first-order valence-corrected chi connectivity index (χ1v) is 10.5. The van der Waals surface area contributed by atoms with Crippen LogP contribution < -0.4 is 14.8 Å². The van der Waals surface area contributed by atoms with E-state index in [-0.39, 0.29) is 18.6 Å². The Morgan fingerprint density at radius 1 is 1.00 bits per heavy atom. The molecular weight excluding hydrogens is 380 g/mol. The van der Waals surface area contributed by atoms with Gasteiger partial charge in [-0.15, -0.1) is 0 Å². The topological polar surface area (TPSA) is 60.0 Å². The Balaban J connectivity index is 1.56. The van der Waals surface area contributed by atoms with Crippen LogP contribution in [0.2, 0.25) is 0 Å². The lowest BCUT2D eigenvalue weighted by molar-refractivity contribution is -0.123. The van der Waals surface area contributed by atoms with E-state index in [9.17, 15) is 4.79 Å². The molecule has 1 N–H and O–H groups in total. The highest BCUT2D eigenvalue weighted by atomic mass is 16.5. The van der Waals surface area contributed by atoms with Crippen molar-refractivity contribution in [3.63, 3.8) is 0 Å². The van der Waals surface area contributed by atoms with Gasteiger partial charge in [-0.3, -0.25) is 9.69 Å². The minimum atomic E-state index is -0.130. The molecule has 1 fully saturated rings. The summed E-state index contributed by atoms with van der Waals surface area (Å²) in [5.41, 5.74) is 2.39. The van der Waals surface area contributed by atoms with Crippen LogP contribution in [-0.4, -0.2) is 57.4 Å². The zero-order valence-corrected chi connectivity index (χ0v) is 18.1. The van der Waals surface area contributed by atoms with Crippen LogP contribution in [0, 0.1) is 0 Å². The summed E-state index contributed by atoms with van der Waals surface area (Å²) < 4.78 is 16.4. The number of nitrogens with zero attached hydrogens (tertiary/aromatic N) is 1. The van der Waals surface area contributed by atoms with Gasteiger partial charge in [0.2, 0.25) is 0 Å². The highest BCUT2D eigenvalue weighted by molar-refractivity contribution is 5.77. The van der Waals surface area contributed by atoms with E-state index in [1.165, 1.54) is 5.56 Å². The second kappa shape index (κ2) is 11.0. The van der Waals surface area contributed by atoms with Gasteiger partial charge in [0.25, 0.3) is 5.91 Å². The molecule has 0 unspecified atom stereocenters. The molecule has 0 bridgehead atoms. The number of amides is 1. The molecule has 0 radical (unpaired) electrons. The van der Waals surface area contributed by atoms with E-state index in [0.29, 0.717) is 31.4 Å². The molecule has 0 aliphatic carbocycles. The van der Waals surface area contributed by atoms with Crippen molar-refractivity contribution < 1.29 is 19.0 Å². The van der Waals surface area contributed by atoms with Gasteiger partial charge in [-0.2, -0.15) is 0 Å². The Morgan fingerprint density at radius 2 is 1.60 bits per heavy atom. The average Bonchev–Trinajstić information content (AvgIpc) is 2.79. The number of hydrogen-bond acceptors (Lipinski definition) is 5. The van der Waals surface area contributed by atoms with Crippen LogP contribution in [0.1, 0.15) is 36.9 Å². The molecule has 1 saturated heterocycles. The Morgan fingerprint density at radius 3 is 2.20 bits per heavy atom. The summed E-state index contributed by atoms with van der Waals surface area (Å²) in [5.74, 6) is 1.86. The fraction of sp³-hybridized carbons (Fsp3) is 0.458. The molecule has 2 aromatic carbocycles. The van der Waals surface area contributed by atoms with Gasteiger partial charge in [-0.05, 0) is 41.3 Å². The SMILES string of the molecule is COc1ccc([C@@H](CNC(=O)COc2ccc(C(C)C)cc2)N2CCOCC2)cc1. The predicted octanol–water partition coefficient (Wildman–Crippen LogP) is 3.39. The Kier molecular flexibility index (Phi) is 8.11. The fourth-order valence-electron chi connectivity index (χ4n) is 3.53. The number of ether oxygens (including phenoxy) is 3. The lowest BCUT2D eigenvalue weighted by atomic mass is 10.0. The molecule has 6 nitrogen and oxygen atoms in total. The second-order valence-corrected chi connectivity index (χ2v) is 7.75. The third-order valence-corrected chi connectivity index (χ3v) is 5.40. The lowest BCUT2D eigenvalue weighted by Gasteiger charge is -2.35. The summed E-state index contributed by atoms with van der Waals surface area (Å²) in [7, 11) is 1.66. The number of carbonyl (C=O) groups excluding carboxylic acids is 1. The molecule has 0 spiro atoms. The zero-order valence-electron chi connectivity index (χ0n) is 18.1. The van der Waals surface area contributed by atoms with Crippen LogP contribution >= 0.6 is 0 Å². The van der Waals surface area contributed by atoms with Gasteiger partial charge >= 0.3 is 0 Å². The van der Waals surface area contributed by atoms with Gasteiger partial charge in [0.1, 0.15) is 11.5 Å². The van der Waals surface area contributed by atoms with Crippen LogP contribution in [0.25, 0.3) is 0 Å². The number of carbonyl (C=O) groups is 1. The van der Waals surface area contributed by atoms with Gasteiger partial charge in [-0.1, -0.05) is 38.1 Å². The molecule has 0 saturated carbocycles. The normalized spacial score (nSPS) is 15.6. The number of nitrogens with one attached hydrogen (secondary N) is 1. The quantitative estimate of drug-likeness (QED) is 0.684. The number of methoxy groups -OCH3 is 1. The van der Waals surface area contributed by atoms with Crippen molar-refractivity contribution in [1.29, 1.82) is 0 Å². The van der Waals surface area contributed by atoms with Gasteiger partial charge in [0, 0.05) is 19.6 Å². The first kappa shape index (κ1) is 22.1. The fourth-order valence-corrected chi connectivity index (χ4v) is 3.53. The average molecular weight is 413 g/mol. The third-order valence-electron chi connectivity index (χ3n) is 5.40. The standard InChI is InChI=1S/C24H32N2O4/c1-18(2)19-4-10-22(11-5-19)30-17-24(27)25-16-23(26-12-14-29-15-13-26)20-6-8-21(28-3)9-7-20/h4-11,18,23H,12-17H2,1-3H3,(H,25,27)/t23-/m1/s1.